The van der Waals surface area contributed by atoms with E-state index < -0.39 is 5.43 Å². The van der Waals surface area contributed by atoms with Crippen molar-refractivity contribution in [3.8, 4) is 0 Å². The third kappa shape index (κ3) is 4.13. The number of benzene rings is 2. The topological polar surface area (TPSA) is 62.0 Å². The number of nitrogens with one attached hydrogen (secondary N) is 2. The Bertz CT molecular complexity index is 1090. The molecule has 0 radical (unpaired) electrons. The number of pyridine rings is 1. The molecule has 0 unspecified atom stereocenters. The zero-order valence-electron chi connectivity index (χ0n) is 14.7. The van der Waals surface area contributed by atoms with Gasteiger partial charge in [0.2, 0.25) is 5.43 Å². The lowest BCUT2D eigenvalue weighted by Gasteiger charge is -2.15. The molecule has 0 aliphatic carbocycles. The molecule has 7 heteroatoms. The van der Waals surface area contributed by atoms with Gasteiger partial charge < -0.3 is 10.3 Å². The van der Waals surface area contributed by atoms with Gasteiger partial charge in [-0.05, 0) is 36.2 Å². The maximum absolute atomic E-state index is 13.1. The van der Waals surface area contributed by atoms with Crippen LogP contribution in [0.15, 0.2) is 41.2 Å². The number of ketones is 1. The molecule has 4 nitrogen and oxygen atoms in total. The third-order valence-electron chi connectivity index (χ3n) is 4.04. The molecule has 0 aliphatic rings. The summed E-state index contributed by atoms with van der Waals surface area (Å²) in [6, 6.07) is 10.0. The lowest BCUT2D eigenvalue weighted by Crippen LogP contribution is -2.20. The summed E-state index contributed by atoms with van der Waals surface area (Å²) < 4.78 is 0. The normalized spacial score (nSPS) is 11.2. The van der Waals surface area contributed by atoms with Crippen LogP contribution in [-0.2, 0) is 0 Å². The number of anilines is 2. The number of rotatable bonds is 5. The first-order valence-corrected chi connectivity index (χ1v) is 9.51. The summed E-state index contributed by atoms with van der Waals surface area (Å²) in [5.41, 5.74) is 0.681. The lowest BCUT2D eigenvalue weighted by molar-refractivity contribution is 0.0967. The Kier molecular flexibility index (Phi) is 5.80. The predicted octanol–water partition coefficient (Wildman–Crippen LogP) is 6.46. The Labute approximate surface area is 171 Å². The molecule has 0 bridgehead atoms. The largest absolute Gasteiger partial charge is 0.340 e. The van der Waals surface area contributed by atoms with Crippen molar-refractivity contribution in [3.05, 3.63) is 67.3 Å². The van der Waals surface area contributed by atoms with Gasteiger partial charge in [0.05, 0.1) is 26.6 Å². The van der Waals surface area contributed by atoms with Crippen molar-refractivity contribution in [2.24, 2.45) is 5.92 Å². The zero-order valence-corrected chi connectivity index (χ0v) is 17.0. The van der Waals surface area contributed by atoms with Crippen LogP contribution in [0.3, 0.4) is 0 Å². The van der Waals surface area contributed by atoms with Gasteiger partial charge in [-0.15, -0.1) is 0 Å². The highest BCUT2D eigenvalue weighted by atomic mass is 35.5. The van der Waals surface area contributed by atoms with E-state index in [4.69, 9.17) is 34.8 Å². The highest BCUT2D eigenvalue weighted by molar-refractivity contribution is 6.36. The first-order valence-electron chi connectivity index (χ1n) is 8.37. The first kappa shape index (κ1) is 19.7. The van der Waals surface area contributed by atoms with Crippen LogP contribution in [0, 0.1) is 5.92 Å². The number of halogens is 3. The molecule has 0 saturated heterocycles. The Morgan fingerprint density at radius 3 is 2.52 bits per heavy atom. The van der Waals surface area contributed by atoms with E-state index in [-0.39, 0.29) is 29.5 Å². The fourth-order valence-corrected chi connectivity index (χ4v) is 3.57. The molecule has 0 aliphatic heterocycles. The quantitative estimate of drug-likeness (QED) is 0.463. The minimum absolute atomic E-state index is 0.0373. The van der Waals surface area contributed by atoms with Gasteiger partial charge in [-0.2, -0.15) is 0 Å². The number of hydrogen-bond donors (Lipinski definition) is 2. The van der Waals surface area contributed by atoms with Crippen molar-refractivity contribution >= 4 is 63.0 Å². The van der Waals surface area contributed by atoms with Crippen molar-refractivity contribution in [1.82, 2.24) is 4.98 Å². The second kappa shape index (κ2) is 7.93. The summed E-state index contributed by atoms with van der Waals surface area (Å²) in [7, 11) is 0. The predicted molar refractivity (Wildman–Crippen MR) is 113 cm³/mol. The number of carbonyl (C=O) groups is 1. The zero-order chi connectivity index (χ0) is 19.7. The second-order valence-electron chi connectivity index (χ2n) is 6.64. The van der Waals surface area contributed by atoms with Crippen LogP contribution in [0.5, 0.6) is 0 Å². The minimum Gasteiger partial charge on any atom is -0.340 e. The van der Waals surface area contributed by atoms with Gasteiger partial charge in [0.25, 0.3) is 0 Å². The van der Waals surface area contributed by atoms with Crippen molar-refractivity contribution < 1.29 is 4.79 Å². The molecule has 1 aromatic heterocycles. The van der Waals surface area contributed by atoms with Crippen molar-refractivity contribution in [2.75, 3.05) is 5.32 Å². The number of carbonyl (C=O) groups excluding carboxylic acids is 1. The van der Waals surface area contributed by atoms with Crippen LogP contribution in [-0.4, -0.2) is 10.8 Å². The average molecular weight is 424 g/mol. The van der Waals surface area contributed by atoms with Crippen LogP contribution in [0.25, 0.3) is 10.9 Å². The van der Waals surface area contributed by atoms with Gasteiger partial charge in [-0.25, -0.2) is 0 Å². The molecule has 2 aromatic carbocycles. The molecule has 0 atom stereocenters. The Morgan fingerprint density at radius 2 is 1.85 bits per heavy atom. The summed E-state index contributed by atoms with van der Waals surface area (Å²) in [4.78, 5) is 29.0. The minimum atomic E-state index is -0.410. The molecule has 2 N–H and O–H groups in total. The molecule has 1 heterocycles. The maximum atomic E-state index is 13.1. The number of aromatic amines is 1. The Hall–Kier alpha value is -2.01. The summed E-state index contributed by atoms with van der Waals surface area (Å²) in [6.45, 7) is 3.84. The number of hydrogen-bond acceptors (Lipinski definition) is 3. The molecule has 0 spiro atoms. The van der Waals surface area contributed by atoms with Crippen LogP contribution in [0.2, 0.25) is 15.1 Å². The fourth-order valence-electron chi connectivity index (χ4n) is 2.85. The van der Waals surface area contributed by atoms with Crippen LogP contribution >= 0.6 is 34.8 Å². The molecule has 140 valence electrons. The van der Waals surface area contributed by atoms with E-state index in [9.17, 15) is 9.59 Å². The standard InChI is InChI=1S/C20H17Cl3N2O2/c1-10(2)8-16(26)18-19(27)17-12(22)4-3-5-15(17)25-20(18)24-14-7-6-11(21)9-13(14)23/h3-7,9-10H,8H2,1-2H3,(H2,24,25,27). The number of aromatic nitrogens is 1. The molecule has 0 amide bonds. The second-order valence-corrected chi connectivity index (χ2v) is 7.89. The molecule has 3 aromatic rings. The van der Waals surface area contributed by atoms with Gasteiger partial charge in [0.15, 0.2) is 5.78 Å². The van der Waals surface area contributed by atoms with E-state index in [2.05, 4.69) is 10.3 Å². The molecule has 0 fully saturated rings. The van der Waals surface area contributed by atoms with Crippen LogP contribution < -0.4 is 10.7 Å². The summed E-state index contributed by atoms with van der Waals surface area (Å²) in [6.07, 6.45) is 0.238. The average Bonchev–Trinajstić information content (AvgIpc) is 2.56. The fraction of sp³-hybridized carbons (Fsp3) is 0.200. The summed E-state index contributed by atoms with van der Waals surface area (Å²) in [5, 5.41) is 4.51. The lowest BCUT2D eigenvalue weighted by atomic mass is 9.99. The van der Waals surface area contributed by atoms with Crippen LogP contribution in [0.1, 0.15) is 30.6 Å². The van der Waals surface area contributed by atoms with E-state index in [0.717, 1.165) is 0 Å². The highest BCUT2D eigenvalue weighted by Crippen LogP contribution is 2.30. The Balaban J connectivity index is 2.23. The van der Waals surface area contributed by atoms with Crippen molar-refractivity contribution in [2.45, 2.75) is 20.3 Å². The van der Waals surface area contributed by atoms with Gasteiger partial charge in [0.1, 0.15) is 11.4 Å². The number of Topliss-reactive ketones (excluding diaryl/α,β-unsaturated/α-hetero) is 1. The van der Waals surface area contributed by atoms with Crippen LogP contribution in [0.4, 0.5) is 11.5 Å². The molecular formula is C20H17Cl3N2O2. The van der Waals surface area contributed by atoms with E-state index in [0.29, 0.717) is 31.7 Å². The van der Waals surface area contributed by atoms with E-state index in [1.807, 2.05) is 13.8 Å². The molecule has 3 rings (SSSR count). The SMILES string of the molecule is CC(C)CC(=O)c1c(Nc2ccc(Cl)cc2Cl)[nH]c2cccc(Cl)c2c1=O. The smallest absolute Gasteiger partial charge is 0.203 e. The Morgan fingerprint density at radius 1 is 1.11 bits per heavy atom. The summed E-state index contributed by atoms with van der Waals surface area (Å²) >= 11 is 18.4. The maximum Gasteiger partial charge on any atom is 0.203 e. The van der Waals surface area contributed by atoms with Gasteiger partial charge >= 0.3 is 0 Å². The monoisotopic (exact) mass is 422 g/mol. The molecule has 0 saturated carbocycles. The number of fused-ring (bicyclic) bond motifs is 1. The molecule has 27 heavy (non-hydrogen) atoms. The van der Waals surface area contributed by atoms with E-state index in [1.54, 1.807) is 36.4 Å². The van der Waals surface area contributed by atoms with Gasteiger partial charge in [-0.1, -0.05) is 54.7 Å². The van der Waals surface area contributed by atoms with Gasteiger partial charge in [0, 0.05) is 11.4 Å². The van der Waals surface area contributed by atoms with E-state index in [1.165, 1.54) is 0 Å². The third-order valence-corrected chi connectivity index (χ3v) is 4.90. The first-order chi connectivity index (χ1) is 12.8. The van der Waals surface area contributed by atoms with Crippen molar-refractivity contribution in [3.63, 3.8) is 0 Å². The van der Waals surface area contributed by atoms with Crippen molar-refractivity contribution in [1.29, 1.82) is 0 Å². The highest BCUT2D eigenvalue weighted by Gasteiger charge is 2.21. The molecular weight excluding hydrogens is 407 g/mol. The van der Waals surface area contributed by atoms with Gasteiger partial charge in [-0.3, -0.25) is 9.59 Å². The summed E-state index contributed by atoms with van der Waals surface area (Å²) in [5.74, 6) is 0.121. The van der Waals surface area contributed by atoms with E-state index >= 15 is 0 Å². The number of H-pyrrole nitrogens is 1.